The lowest BCUT2D eigenvalue weighted by Crippen LogP contribution is -1.94. The van der Waals surface area contributed by atoms with Crippen molar-refractivity contribution in [3.05, 3.63) is 70.6 Å². The van der Waals surface area contributed by atoms with Crippen molar-refractivity contribution in [2.75, 3.05) is 5.43 Å². The molecule has 116 valence electrons. The molecule has 0 spiro atoms. The lowest BCUT2D eigenvalue weighted by molar-refractivity contribution is 1.13. The minimum atomic E-state index is 0.812. The van der Waals surface area contributed by atoms with Crippen LogP contribution in [0.25, 0.3) is 11.3 Å². The molecule has 1 aromatic heterocycles. The van der Waals surface area contributed by atoms with Gasteiger partial charge in [-0.15, -0.1) is 11.3 Å². The highest BCUT2D eigenvalue weighted by Crippen LogP contribution is 2.30. The number of thiazole rings is 1. The van der Waals surface area contributed by atoms with E-state index < -0.39 is 0 Å². The number of nitrogens with one attached hydrogen (secondary N) is 1. The number of aromatic nitrogens is 1. The second kappa shape index (κ2) is 7.20. The Morgan fingerprint density at radius 3 is 2.61 bits per heavy atom. The summed E-state index contributed by atoms with van der Waals surface area (Å²) in [6.07, 6.45) is 2.86. The van der Waals surface area contributed by atoms with Crippen molar-refractivity contribution in [2.45, 2.75) is 20.3 Å². The van der Waals surface area contributed by atoms with Crippen LogP contribution in [-0.2, 0) is 6.42 Å². The molecule has 1 heterocycles. The van der Waals surface area contributed by atoms with Crippen LogP contribution < -0.4 is 5.43 Å². The van der Waals surface area contributed by atoms with Crippen molar-refractivity contribution in [1.29, 1.82) is 0 Å². The van der Waals surface area contributed by atoms with Gasteiger partial charge in [0, 0.05) is 10.4 Å². The summed E-state index contributed by atoms with van der Waals surface area (Å²) < 4.78 is 0. The minimum Gasteiger partial charge on any atom is -0.253 e. The van der Waals surface area contributed by atoms with Crippen LogP contribution in [-0.4, -0.2) is 11.2 Å². The zero-order valence-corrected chi connectivity index (χ0v) is 14.1. The van der Waals surface area contributed by atoms with E-state index >= 15 is 0 Å². The summed E-state index contributed by atoms with van der Waals surface area (Å²) in [5.74, 6) is 0. The Balaban J connectivity index is 1.76. The largest absolute Gasteiger partial charge is 0.253 e. The molecule has 2 aromatic carbocycles. The van der Waals surface area contributed by atoms with E-state index in [-0.39, 0.29) is 0 Å². The molecule has 0 radical (unpaired) electrons. The van der Waals surface area contributed by atoms with Gasteiger partial charge in [0.1, 0.15) is 0 Å². The minimum absolute atomic E-state index is 0.812. The first-order valence-corrected chi connectivity index (χ1v) is 8.49. The van der Waals surface area contributed by atoms with Crippen molar-refractivity contribution in [3.8, 4) is 11.3 Å². The zero-order valence-electron chi connectivity index (χ0n) is 13.3. The van der Waals surface area contributed by atoms with Gasteiger partial charge < -0.3 is 0 Å². The Hall–Kier alpha value is -2.46. The number of rotatable bonds is 5. The van der Waals surface area contributed by atoms with Crippen LogP contribution in [0.5, 0.6) is 0 Å². The topological polar surface area (TPSA) is 37.3 Å². The summed E-state index contributed by atoms with van der Waals surface area (Å²) >= 11 is 1.62. The molecule has 3 nitrogen and oxygen atoms in total. The summed E-state index contributed by atoms with van der Waals surface area (Å²) in [6.45, 7) is 4.23. The highest BCUT2D eigenvalue weighted by molar-refractivity contribution is 7.15. The summed E-state index contributed by atoms with van der Waals surface area (Å²) in [5, 5.41) is 5.15. The highest BCUT2D eigenvalue weighted by atomic mass is 32.1. The molecule has 4 heteroatoms. The Bertz CT molecular complexity index is 806. The molecule has 0 aliphatic carbocycles. The molecule has 23 heavy (non-hydrogen) atoms. The standard InChI is InChI=1S/C19H19N3S/c1-3-15-9-7-8-12-17(15)13-20-22-19-21-18(14(2)23-19)16-10-5-4-6-11-16/h4-13H,3H2,1-2H3,(H,21,22)/b20-13+. The third kappa shape index (κ3) is 3.66. The van der Waals surface area contributed by atoms with E-state index in [4.69, 9.17) is 0 Å². The van der Waals surface area contributed by atoms with Gasteiger partial charge in [-0.05, 0) is 24.5 Å². The molecule has 1 N–H and O–H groups in total. The smallest absolute Gasteiger partial charge is 0.204 e. The lowest BCUT2D eigenvalue weighted by atomic mass is 10.1. The van der Waals surface area contributed by atoms with Crippen LogP contribution in [0.3, 0.4) is 0 Å². The van der Waals surface area contributed by atoms with Crippen LogP contribution >= 0.6 is 11.3 Å². The Kier molecular flexibility index (Phi) is 4.83. The van der Waals surface area contributed by atoms with E-state index in [0.717, 1.165) is 28.4 Å². The molecular weight excluding hydrogens is 302 g/mol. The normalized spacial score (nSPS) is 11.0. The van der Waals surface area contributed by atoms with Crippen LogP contribution in [0.1, 0.15) is 22.9 Å². The monoisotopic (exact) mass is 321 g/mol. The molecule has 3 rings (SSSR count). The van der Waals surface area contributed by atoms with Gasteiger partial charge in [0.15, 0.2) is 0 Å². The number of aryl methyl sites for hydroxylation is 2. The van der Waals surface area contributed by atoms with Gasteiger partial charge in [0.05, 0.1) is 11.9 Å². The number of benzene rings is 2. The van der Waals surface area contributed by atoms with Crippen molar-refractivity contribution in [3.63, 3.8) is 0 Å². The van der Waals surface area contributed by atoms with E-state index in [0.29, 0.717) is 0 Å². The van der Waals surface area contributed by atoms with Crippen molar-refractivity contribution in [2.24, 2.45) is 5.10 Å². The molecule has 0 amide bonds. The van der Waals surface area contributed by atoms with E-state index in [9.17, 15) is 0 Å². The Morgan fingerprint density at radius 1 is 1.09 bits per heavy atom. The number of hydrogen-bond donors (Lipinski definition) is 1. The molecule has 0 aliphatic rings. The Morgan fingerprint density at radius 2 is 1.83 bits per heavy atom. The quantitative estimate of drug-likeness (QED) is 0.522. The number of anilines is 1. The maximum atomic E-state index is 4.65. The van der Waals surface area contributed by atoms with Crippen molar-refractivity contribution < 1.29 is 0 Å². The molecular formula is C19H19N3S. The van der Waals surface area contributed by atoms with E-state index in [2.05, 4.69) is 59.7 Å². The van der Waals surface area contributed by atoms with Crippen LogP contribution in [0.15, 0.2) is 59.7 Å². The average molecular weight is 321 g/mol. The molecule has 0 fully saturated rings. The predicted molar refractivity (Wildman–Crippen MR) is 99.3 cm³/mol. The van der Waals surface area contributed by atoms with Gasteiger partial charge in [0.25, 0.3) is 0 Å². The maximum Gasteiger partial charge on any atom is 0.204 e. The fraction of sp³-hybridized carbons (Fsp3) is 0.158. The van der Waals surface area contributed by atoms with E-state index in [1.165, 1.54) is 10.4 Å². The molecule has 0 saturated heterocycles. The Labute approximate surface area is 140 Å². The molecule has 3 aromatic rings. The van der Waals surface area contributed by atoms with Gasteiger partial charge in [-0.3, -0.25) is 5.43 Å². The van der Waals surface area contributed by atoms with Gasteiger partial charge in [0.2, 0.25) is 5.13 Å². The predicted octanol–water partition coefficient (Wildman–Crippen LogP) is 5.13. The third-order valence-electron chi connectivity index (χ3n) is 3.64. The average Bonchev–Trinajstić information content (AvgIpc) is 2.97. The van der Waals surface area contributed by atoms with E-state index in [1.807, 2.05) is 30.5 Å². The molecule has 0 unspecified atom stereocenters. The first kappa shape index (κ1) is 15.4. The first-order chi connectivity index (χ1) is 11.3. The van der Waals surface area contributed by atoms with Crippen LogP contribution in [0, 0.1) is 6.92 Å². The fourth-order valence-electron chi connectivity index (χ4n) is 2.45. The molecule has 0 atom stereocenters. The third-order valence-corrected chi connectivity index (χ3v) is 4.52. The summed E-state index contributed by atoms with van der Waals surface area (Å²) in [4.78, 5) is 5.83. The second-order valence-electron chi connectivity index (χ2n) is 5.21. The van der Waals surface area contributed by atoms with Gasteiger partial charge in [-0.25, -0.2) is 4.98 Å². The maximum absolute atomic E-state index is 4.65. The second-order valence-corrected chi connectivity index (χ2v) is 6.42. The number of nitrogens with zero attached hydrogens (tertiary/aromatic N) is 2. The first-order valence-electron chi connectivity index (χ1n) is 7.67. The number of hydrogen-bond acceptors (Lipinski definition) is 4. The van der Waals surface area contributed by atoms with Crippen LogP contribution in [0.4, 0.5) is 5.13 Å². The van der Waals surface area contributed by atoms with Gasteiger partial charge in [-0.1, -0.05) is 61.5 Å². The van der Waals surface area contributed by atoms with Crippen molar-refractivity contribution in [1.82, 2.24) is 4.98 Å². The SMILES string of the molecule is CCc1ccccc1/C=N/Nc1nc(-c2ccccc2)c(C)s1. The highest BCUT2D eigenvalue weighted by Gasteiger charge is 2.08. The van der Waals surface area contributed by atoms with Gasteiger partial charge in [-0.2, -0.15) is 5.10 Å². The summed E-state index contributed by atoms with van der Waals surface area (Å²) in [5.41, 5.74) is 7.63. The summed E-state index contributed by atoms with van der Waals surface area (Å²) in [6, 6.07) is 18.5. The number of hydrazone groups is 1. The van der Waals surface area contributed by atoms with E-state index in [1.54, 1.807) is 11.3 Å². The fourth-order valence-corrected chi connectivity index (χ4v) is 3.23. The molecule has 0 bridgehead atoms. The molecule has 0 aliphatic heterocycles. The lowest BCUT2D eigenvalue weighted by Gasteiger charge is -2.01. The zero-order chi connectivity index (χ0) is 16.1. The van der Waals surface area contributed by atoms with Crippen molar-refractivity contribution >= 4 is 22.7 Å². The molecule has 0 saturated carbocycles. The van der Waals surface area contributed by atoms with Crippen LogP contribution in [0.2, 0.25) is 0 Å². The summed E-state index contributed by atoms with van der Waals surface area (Å²) in [7, 11) is 0. The van der Waals surface area contributed by atoms with Gasteiger partial charge >= 0.3 is 0 Å².